The van der Waals surface area contributed by atoms with E-state index in [1.807, 2.05) is 30.3 Å². The molecule has 3 aromatic rings. The van der Waals surface area contributed by atoms with E-state index in [9.17, 15) is 18.4 Å². The van der Waals surface area contributed by atoms with Gasteiger partial charge in [-0.2, -0.15) is 18.4 Å². The fraction of sp³-hybridized carbons (Fsp3) is 0.100. The lowest BCUT2D eigenvalue weighted by molar-refractivity contribution is -0.141. The Bertz CT molecular complexity index is 930. The van der Waals surface area contributed by atoms with Crippen LogP contribution >= 0.6 is 0 Å². The molecular weight excluding hydrogens is 341 g/mol. The SMILES string of the molecule is N#Cc1cc(-c2ccc(C(F)(F)F)nc2)ccc1OCc1ccccc1. The van der Waals surface area contributed by atoms with Crippen molar-refractivity contribution in [3.8, 4) is 22.9 Å². The number of benzene rings is 2. The summed E-state index contributed by atoms with van der Waals surface area (Å²) in [6, 6.07) is 18.7. The monoisotopic (exact) mass is 354 g/mol. The molecule has 6 heteroatoms. The van der Waals surface area contributed by atoms with Gasteiger partial charge in [0.15, 0.2) is 0 Å². The van der Waals surface area contributed by atoms with E-state index in [0.29, 0.717) is 29.0 Å². The van der Waals surface area contributed by atoms with E-state index in [0.717, 1.165) is 17.8 Å². The van der Waals surface area contributed by atoms with Crippen molar-refractivity contribution in [3.05, 3.63) is 83.7 Å². The van der Waals surface area contributed by atoms with Gasteiger partial charge in [0.05, 0.1) is 5.56 Å². The van der Waals surface area contributed by atoms with Gasteiger partial charge in [-0.3, -0.25) is 4.98 Å². The molecule has 2 aromatic carbocycles. The van der Waals surface area contributed by atoms with Gasteiger partial charge < -0.3 is 4.74 Å². The minimum Gasteiger partial charge on any atom is -0.488 e. The van der Waals surface area contributed by atoms with Crippen molar-refractivity contribution in [2.45, 2.75) is 12.8 Å². The first kappa shape index (κ1) is 17.5. The number of rotatable bonds is 4. The summed E-state index contributed by atoms with van der Waals surface area (Å²) in [5.74, 6) is 0.417. The Balaban J connectivity index is 1.81. The first-order valence-electron chi connectivity index (χ1n) is 7.72. The maximum Gasteiger partial charge on any atom is 0.433 e. The van der Waals surface area contributed by atoms with Crippen LogP contribution < -0.4 is 4.74 Å². The molecule has 0 N–H and O–H groups in total. The summed E-state index contributed by atoms with van der Waals surface area (Å²) in [7, 11) is 0. The molecule has 0 amide bonds. The Morgan fingerprint density at radius 2 is 1.69 bits per heavy atom. The summed E-state index contributed by atoms with van der Waals surface area (Å²) in [5, 5.41) is 9.34. The Morgan fingerprint density at radius 1 is 0.962 bits per heavy atom. The highest BCUT2D eigenvalue weighted by Gasteiger charge is 2.32. The lowest BCUT2D eigenvalue weighted by Gasteiger charge is -2.10. The second-order valence-corrected chi connectivity index (χ2v) is 5.53. The molecule has 0 fully saturated rings. The fourth-order valence-corrected chi connectivity index (χ4v) is 2.39. The minimum atomic E-state index is -4.48. The number of nitrogens with zero attached hydrogens (tertiary/aromatic N) is 2. The molecule has 3 nitrogen and oxygen atoms in total. The van der Waals surface area contributed by atoms with Crippen LogP contribution in [0.25, 0.3) is 11.1 Å². The second-order valence-electron chi connectivity index (χ2n) is 5.53. The maximum absolute atomic E-state index is 12.6. The number of alkyl halides is 3. The van der Waals surface area contributed by atoms with Gasteiger partial charge in [0.2, 0.25) is 0 Å². The number of ether oxygens (including phenoxy) is 1. The van der Waals surface area contributed by atoms with Crippen LogP contribution in [-0.2, 0) is 12.8 Å². The quantitative estimate of drug-likeness (QED) is 0.645. The average Bonchev–Trinajstić information content (AvgIpc) is 2.66. The van der Waals surface area contributed by atoms with E-state index >= 15 is 0 Å². The lowest BCUT2D eigenvalue weighted by atomic mass is 10.0. The third-order valence-corrected chi connectivity index (χ3v) is 3.72. The summed E-state index contributed by atoms with van der Waals surface area (Å²) in [5.41, 5.74) is 1.40. The second kappa shape index (κ2) is 7.28. The number of pyridine rings is 1. The lowest BCUT2D eigenvalue weighted by Crippen LogP contribution is -2.07. The van der Waals surface area contributed by atoms with Crippen LogP contribution in [0.15, 0.2) is 66.9 Å². The van der Waals surface area contributed by atoms with Gasteiger partial charge in [0, 0.05) is 11.8 Å². The average molecular weight is 354 g/mol. The molecule has 0 saturated heterocycles. The predicted octanol–water partition coefficient (Wildman–Crippen LogP) is 5.22. The zero-order valence-corrected chi connectivity index (χ0v) is 13.5. The molecule has 1 aromatic heterocycles. The van der Waals surface area contributed by atoms with Crippen LogP contribution in [0.5, 0.6) is 5.75 Å². The van der Waals surface area contributed by atoms with Crippen molar-refractivity contribution >= 4 is 0 Å². The van der Waals surface area contributed by atoms with Crippen LogP contribution in [0.4, 0.5) is 13.2 Å². The van der Waals surface area contributed by atoms with Gasteiger partial charge in [-0.15, -0.1) is 0 Å². The van der Waals surface area contributed by atoms with E-state index in [1.54, 1.807) is 18.2 Å². The zero-order chi connectivity index (χ0) is 18.6. The van der Waals surface area contributed by atoms with Crippen molar-refractivity contribution in [1.82, 2.24) is 4.98 Å². The first-order chi connectivity index (χ1) is 12.5. The summed E-state index contributed by atoms with van der Waals surface area (Å²) >= 11 is 0. The van der Waals surface area contributed by atoms with Gasteiger partial charge in [0.25, 0.3) is 0 Å². The normalized spacial score (nSPS) is 11.0. The standard InChI is InChI=1S/C20H13F3N2O/c21-20(22,23)19-9-7-16(12-25-19)15-6-8-18(17(10-15)11-24)26-13-14-4-2-1-3-5-14/h1-10,12H,13H2. The fourth-order valence-electron chi connectivity index (χ4n) is 2.39. The van der Waals surface area contributed by atoms with E-state index in [4.69, 9.17) is 4.74 Å². The Morgan fingerprint density at radius 3 is 2.31 bits per heavy atom. The molecule has 0 aliphatic carbocycles. The molecule has 0 saturated carbocycles. The highest BCUT2D eigenvalue weighted by atomic mass is 19.4. The Labute approximate surface area is 148 Å². The summed E-state index contributed by atoms with van der Waals surface area (Å²) in [6.45, 7) is 0.316. The largest absolute Gasteiger partial charge is 0.488 e. The highest BCUT2D eigenvalue weighted by molar-refractivity contribution is 5.66. The Kier molecular flexibility index (Phi) is 4.90. The van der Waals surface area contributed by atoms with Gasteiger partial charge in [0.1, 0.15) is 24.1 Å². The van der Waals surface area contributed by atoms with Gasteiger partial charge in [-0.25, -0.2) is 0 Å². The molecule has 0 bridgehead atoms. The van der Waals surface area contributed by atoms with E-state index in [1.165, 1.54) is 6.07 Å². The predicted molar refractivity (Wildman–Crippen MR) is 90.2 cm³/mol. The molecule has 0 aliphatic rings. The van der Waals surface area contributed by atoms with E-state index in [2.05, 4.69) is 11.1 Å². The van der Waals surface area contributed by atoms with Crippen molar-refractivity contribution in [2.24, 2.45) is 0 Å². The number of hydrogen-bond donors (Lipinski definition) is 0. The van der Waals surface area contributed by atoms with Crippen LogP contribution in [-0.4, -0.2) is 4.98 Å². The number of nitriles is 1. The van der Waals surface area contributed by atoms with E-state index < -0.39 is 11.9 Å². The molecule has 3 rings (SSSR count). The molecule has 0 aliphatic heterocycles. The number of aromatic nitrogens is 1. The Hall–Kier alpha value is -3.33. The molecule has 0 atom stereocenters. The van der Waals surface area contributed by atoms with Gasteiger partial charge in [-0.1, -0.05) is 42.5 Å². The van der Waals surface area contributed by atoms with Crippen LogP contribution in [0.2, 0.25) is 0 Å². The van der Waals surface area contributed by atoms with Crippen molar-refractivity contribution in [1.29, 1.82) is 5.26 Å². The van der Waals surface area contributed by atoms with Gasteiger partial charge in [-0.05, 0) is 29.3 Å². The van der Waals surface area contributed by atoms with Crippen LogP contribution in [0.3, 0.4) is 0 Å². The number of hydrogen-bond acceptors (Lipinski definition) is 3. The summed E-state index contributed by atoms with van der Waals surface area (Å²) in [6.07, 6.45) is -3.34. The van der Waals surface area contributed by atoms with Gasteiger partial charge >= 0.3 is 6.18 Å². The van der Waals surface area contributed by atoms with E-state index in [-0.39, 0.29) is 0 Å². The highest BCUT2D eigenvalue weighted by Crippen LogP contribution is 2.30. The van der Waals surface area contributed by atoms with Crippen LogP contribution in [0.1, 0.15) is 16.8 Å². The molecule has 1 heterocycles. The first-order valence-corrected chi connectivity index (χ1v) is 7.72. The van der Waals surface area contributed by atoms with Crippen molar-refractivity contribution in [3.63, 3.8) is 0 Å². The van der Waals surface area contributed by atoms with Crippen LogP contribution in [0, 0.1) is 11.3 Å². The minimum absolute atomic E-state index is 0.304. The van der Waals surface area contributed by atoms with Crippen molar-refractivity contribution < 1.29 is 17.9 Å². The molecule has 130 valence electrons. The molecular formula is C20H13F3N2O. The third kappa shape index (κ3) is 4.01. The summed E-state index contributed by atoms with van der Waals surface area (Å²) in [4.78, 5) is 3.44. The van der Waals surface area contributed by atoms with Crippen molar-refractivity contribution in [2.75, 3.05) is 0 Å². The smallest absolute Gasteiger partial charge is 0.433 e. The topological polar surface area (TPSA) is 45.9 Å². The third-order valence-electron chi connectivity index (χ3n) is 3.72. The molecule has 0 spiro atoms. The molecule has 0 radical (unpaired) electrons. The molecule has 26 heavy (non-hydrogen) atoms. The number of halogens is 3. The summed E-state index contributed by atoms with van der Waals surface area (Å²) < 4.78 is 43.5. The zero-order valence-electron chi connectivity index (χ0n) is 13.5. The maximum atomic E-state index is 12.6. The molecule has 0 unspecified atom stereocenters.